The molecule has 0 amide bonds. The number of aromatic nitrogens is 4. The highest BCUT2D eigenvalue weighted by Gasteiger charge is 2.13. The van der Waals surface area contributed by atoms with Crippen LogP contribution >= 0.6 is 11.6 Å². The molecule has 0 spiro atoms. The van der Waals surface area contributed by atoms with Crippen molar-refractivity contribution in [2.45, 2.75) is 47.1 Å². The lowest BCUT2D eigenvalue weighted by atomic mass is 10.1. The Hall–Kier alpha value is -1.36. The molecule has 2 aromatic heterocycles. The summed E-state index contributed by atoms with van der Waals surface area (Å²) >= 11 is 5.99. The third kappa shape index (κ3) is 4.30. The van der Waals surface area contributed by atoms with E-state index in [4.69, 9.17) is 11.6 Å². The minimum Gasteiger partial charge on any atom is -0.368 e. The third-order valence-corrected chi connectivity index (χ3v) is 3.58. The molecule has 0 aliphatic heterocycles. The zero-order chi connectivity index (χ0) is 15.4. The molecule has 0 bridgehead atoms. The summed E-state index contributed by atoms with van der Waals surface area (Å²) in [5.74, 6) is 2.08. The lowest BCUT2D eigenvalue weighted by Gasteiger charge is -2.12. The lowest BCUT2D eigenvalue weighted by molar-refractivity contribution is 0.522. The van der Waals surface area contributed by atoms with Gasteiger partial charge in [-0.3, -0.25) is 0 Å². The fourth-order valence-electron chi connectivity index (χ4n) is 2.12. The van der Waals surface area contributed by atoms with Crippen molar-refractivity contribution in [2.75, 3.05) is 11.9 Å². The van der Waals surface area contributed by atoms with E-state index < -0.39 is 0 Å². The molecule has 1 N–H and O–H groups in total. The van der Waals surface area contributed by atoms with Crippen molar-refractivity contribution in [1.29, 1.82) is 0 Å². The fraction of sp³-hybridized carbons (Fsp3) is 0.667. The second-order valence-corrected chi connectivity index (χ2v) is 6.58. The van der Waals surface area contributed by atoms with Crippen molar-refractivity contribution >= 4 is 28.6 Å². The lowest BCUT2D eigenvalue weighted by Crippen LogP contribution is -2.09. The van der Waals surface area contributed by atoms with Crippen molar-refractivity contribution < 1.29 is 0 Å². The number of nitrogens with zero attached hydrogens (tertiary/aromatic N) is 4. The first kappa shape index (κ1) is 16.0. The highest BCUT2D eigenvalue weighted by atomic mass is 35.5. The molecular formula is C15H24ClN5. The molecule has 6 heteroatoms. The van der Waals surface area contributed by atoms with Crippen molar-refractivity contribution in [2.24, 2.45) is 11.8 Å². The Balaban J connectivity index is 2.26. The van der Waals surface area contributed by atoms with Crippen LogP contribution in [0.2, 0.25) is 5.28 Å². The summed E-state index contributed by atoms with van der Waals surface area (Å²) in [6, 6.07) is 0. The van der Waals surface area contributed by atoms with Crippen LogP contribution in [-0.4, -0.2) is 26.1 Å². The van der Waals surface area contributed by atoms with Crippen LogP contribution in [0, 0.1) is 11.8 Å². The normalized spacial score (nSPS) is 11.8. The Morgan fingerprint density at radius 2 is 1.86 bits per heavy atom. The maximum absolute atomic E-state index is 5.99. The summed E-state index contributed by atoms with van der Waals surface area (Å²) in [6.07, 6.45) is 4.01. The molecule has 0 saturated heterocycles. The number of hydrogen-bond acceptors (Lipinski definition) is 4. The highest BCUT2D eigenvalue weighted by molar-refractivity contribution is 6.28. The van der Waals surface area contributed by atoms with E-state index in [0.717, 1.165) is 37.3 Å². The van der Waals surface area contributed by atoms with Crippen LogP contribution in [0.4, 0.5) is 5.82 Å². The fourth-order valence-corrected chi connectivity index (χ4v) is 2.29. The van der Waals surface area contributed by atoms with Crippen LogP contribution in [0.15, 0.2) is 6.33 Å². The van der Waals surface area contributed by atoms with Gasteiger partial charge in [-0.2, -0.15) is 9.97 Å². The average molecular weight is 310 g/mol. The molecule has 0 aliphatic carbocycles. The third-order valence-electron chi connectivity index (χ3n) is 3.41. The van der Waals surface area contributed by atoms with E-state index in [2.05, 4.69) is 52.5 Å². The number of anilines is 1. The SMILES string of the molecule is CC(C)CCNc1nc(Cl)nc2ncn(CCC(C)C)c12. The summed E-state index contributed by atoms with van der Waals surface area (Å²) in [6.45, 7) is 10.6. The zero-order valence-corrected chi connectivity index (χ0v) is 14.0. The summed E-state index contributed by atoms with van der Waals surface area (Å²) in [5, 5.41) is 3.62. The smallest absolute Gasteiger partial charge is 0.226 e. The van der Waals surface area contributed by atoms with Gasteiger partial charge in [0.1, 0.15) is 5.52 Å². The predicted molar refractivity (Wildman–Crippen MR) is 87.7 cm³/mol. The Morgan fingerprint density at radius 1 is 1.14 bits per heavy atom. The van der Waals surface area contributed by atoms with Gasteiger partial charge in [-0.25, -0.2) is 4.98 Å². The molecule has 0 saturated carbocycles. The first-order valence-electron chi connectivity index (χ1n) is 7.59. The number of hydrogen-bond donors (Lipinski definition) is 1. The monoisotopic (exact) mass is 309 g/mol. The molecule has 0 aromatic carbocycles. The first-order chi connectivity index (χ1) is 9.97. The van der Waals surface area contributed by atoms with Gasteiger partial charge < -0.3 is 9.88 Å². The molecule has 21 heavy (non-hydrogen) atoms. The van der Waals surface area contributed by atoms with Gasteiger partial charge in [-0.1, -0.05) is 27.7 Å². The van der Waals surface area contributed by atoms with Gasteiger partial charge >= 0.3 is 0 Å². The van der Waals surface area contributed by atoms with Gasteiger partial charge in [-0.05, 0) is 36.3 Å². The van der Waals surface area contributed by atoms with Crippen LogP contribution in [-0.2, 0) is 6.54 Å². The minimum atomic E-state index is 0.239. The average Bonchev–Trinajstić information content (AvgIpc) is 2.78. The molecule has 0 fully saturated rings. The molecule has 0 atom stereocenters. The summed E-state index contributed by atoms with van der Waals surface area (Å²) in [4.78, 5) is 12.9. The molecule has 2 rings (SSSR count). The number of fused-ring (bicyclic) bond motifs is 1. The number of imidazole rings is 1. The second kappa shape index (κ2) is 7.07. The van der Waals surface area contributed by atoms with E-state index in [1.54, 1.807) is 0 Å². The summed E-state index contributed by atoms with van der Waals surface area (Å²) in [5.41, 5.74) is 1.61. The molecule has 5 nitrogen and oxygen atoms in total. The van der Waals surface area contributed by atoms with Crippen LogP contribution in [0.25, 0.3) is 11.2 Å². The zero-order valence-electron chi connectivity index (χ0n) is 13.2. The van der Waals surface area contributed by atoms with E-state index in [-0.39, 0.29) is 5.28 Å². The molecule has 2 heterocycles. The topological polar surface area (TPSA) is 55.6 Å². The van der Waals surface area contributed by atoms with Crippen molar-refractivity contribution in [3.05, 3.63) is 11.6 Å². The summed E-state index contributed by atoms with van der Waals surface area (Å²) in [7, 11) is 0. The maximum atomic E-state index is 5.99. The van der Waals surface area contributed by atoms with Crippen LogP contribution < -0.4 is 5.32 Å². The van der Waals surface area contributed by atoms with Gasteiger partial charge in [0, 0.05) is 13.1 Å². The maximum Gasteiger partial charge on any atom is 0.226 e. The predicted octanol–water partition coefficient (Wildman–Crippen LogP) is 3.98. The number of halogens is 1. The second-order valence-electron chi connectivity index (χ2n) is 6.24. The van der Waals surface area contributed by atoms with Gasteiger partial charge in [0.2, 0.25) is 5.28 Å². The molecular weight excluding hydrogens is 286 g/mol. The van der Waals surface area contributed by atoms with E-state index >= 15 is 0 Å². The van der Waals surface area contributed by atoms with E-state index in [1.165, 1.54) is 0 Å². The number of aryl methyl sites for hydroxylation is 1. The van der Waals surface area contributed by atoms with E-state index in [0.29, 0.717) is 17.5 Å². The van der Waals surface area contributed by atoms with Gasteiger partial charge in [0.15, 0.2) is 11.5 Å². The van der Waals surface area contributed by atoms with Gasteiger partial charge in [0.25, 0.3) is 0 Å². The van der Waals surface area contributed by atoms with Gasteiger partial charge in [-0.15, -0.1) is 0 Å². The molecule has 0 aliphatic rings. The van der Waals surface area contributed by atoms with Crippen LogP contribution in [0.5, 0.6) is 0 Å². The van der Waals surface area contributed by atoms with Crippen LogP contribution in [0.1, 0.15) is 40.5 Å². The standard InChI is InChI=1S/C15H24ClN5/c1-10(2)5-7-17-13-12-14(20-15(16)19-13)18-9-21(12)8-6-11(3)4/h9-11H,5-8H2,1-4H3,(H,17,19,20). The summed E-state index contributed by atoms with van der Waals surface area (Å²) < 4.78 is 2.11. The minimum absolute atomic E-state index is 0.239. The van der Waals surface area contributed by atoms with Crippen LogP contribution in [0.3, 0.4) is 0 Å². The largest absolute Gasteiger partial charge is 0.368 e. The molecule has 0 unspecified atom stereocenters. The van der Waals surface area contributed by atoms with Gasteiger partial charge in [0.05, 0.1) is 6.33 Å². The molecule has 2 aromatic rings. The molecule has 0 radical (unpaired) electrons. The Bertz CT molecular complexity index is 591. The van der Waals surface area contributed by atoms with Crippen molar-refractivity contribution in [1.82, 2.24) is 19.5 Å². The van der Waals surface area contributed by atoms with E-state index in [1.807, 2.05) is 6.33 Å². The Labute approximate surface area is 131 Å². The number of rotatable bonds is 7. The van der Waals surface area contributed by atoms with Crippen molar-refractivity contribution in [3.63, 3.8) is 0 Å². The van der Waals surface area contributed by atoms with Crippen molar-refractivity contribution in [3.8, 4) is 0 Å². The highest BCUT2D eigenvalue weighted by Crippen LogP contribution is 2.22. The number of nitrogens with one attached hydrogen (secondary N) is 1. The Kier molecular flexibility index (Phi) is 5.39. The molecule has 116 valence electrons. The quantitative estimate of drug-likeness (QED) is 0.786. The first-order valence-corrected chi connectivity index (χ1v) is 7.97. The van der Waals surface area contributed by atoms with E-state index in [9.17, 15) is 0 Å². The Morgan fingerprint density at radius 3 is 2.52 bits per heavy atom.